The van der Waals surface area contributed by atoms with E-state index in [-0.39, 0.29) is 11.8 Å². The zero-order valence-corrected chi connectivity index (χ0v) is 19.3. The van der Waals surface area contributed by atoms with Crippen LogP contribution in [0.4, 0.5) is 10.5 Å². The van der Waals surface area contributed by atoms with E-state index in [4.69, 9.17) is 10.2 Å². The molecule has 1 aliphatic carbocycles. The second-order valence-corrected chi connectivity index (χ2v) is 10.2. The van der Waals surface area contributed by atoms with Crippen molar-refractivity contribution in [3.8, 4) is 0 Å². The number of carboxylic acid groups (broad SMARTS) is 1. The Morgan fingerprint density at radius 2 is 1.88 bits per heavy atom. The number of para-hydroxylation sites is 1. The number of hydrogen-bond acceptors (Lipinski definition) is 6. The molecule has 10 nitrogen and oxygen atoms in total. The van der Waals surface area contributed by atoms with E-state index < -0.39 is 12.0 Å². The largest absolute Gasteiger partial charge is 0.465 e. The van der Waals surface area contributed by atoms with Crippen molar-refractivity contribution < 1.29 is 19.5 Å². The fourth-order valence-electron chi connectivity index (χ4n) is 6.36. The molecule has 2 N–H and O–H groups in total. The van der Waals surface area contributed by atoms with Crippen molar-refractivity contribution in [2.75, 3.05) is 50.7 Å². The highest BCUT2D eigenvalue weighted by Gasteiger charge is 2.56. The van der Waals surface area contributed by atoms with E-state index in [1.807, 2.05) is 23.9 Å². The summed E-state index contributed by atoms with van der Waals surface area (Å²) >= 11 is 0. The molecular weight excluding hydrogens is 436 g/mol. The standard InChI is InChI=1S/C24H30N6O4/c1-27-22-14(21(26-27)15-5-6-20(31)25-23(15)32)3-2-4-19(22)29-9-7-28(8-10-29)11-16-17-12-30(24(33)34)13-18(16)17/h2-4,15-18H,5-13H2,1H3,(H,33,34)(H,25,31,32)/t15?,16?,17-,18+. The van der Waals surface area contributed by atoms with E-state index in [0.717, 1.165) is 55.0 Å². The first-order valence-electron chi connectivity index (χ1n) is 12.1. The Balaban J connectivity index is 1.13. The number of piperidine rings is 2. The molecular formula is C24H30N6O4. The summed E-state index contributed by atoms with van der Waals surface area (Å²) in [4.78, 5) is 41.7. The van der Waals surface area contributed by atoms with Crippen LogP contribution < -0.4 is 10.2 Å². The van der Waals surface area contributed by atoms with Gasteiger partial charge in [0.2, 0.25) is 11.8 Å². The van der Waals surface area contributed by atoms with Gasteiger partial charge in [0.25, 0.3) is 0 Å². The molecule has 34 heavy (non-hydrogen) atoms. The number of rotatable bonds is 4. The maximum atomic E-state index is 12.5. The predicted molar refractivity (Wildman–Crippen MR) is 125 cm³/mol. The molecule has 10 heteroatoms. The van der Waals surface area contributed by atoms with Crippen molar-refractivity contribution in [2.45, 2.75) is 18.8 Å². The molecule has 6 rings (SSSR count). The highest BCUT2D eigenvalue weighted by atomic mass is 16.4. The SMILES string of the molecule is Cn1nc(C2CCC(=O)NC2=O)c2cccc(N3CCN(CC4[C@H]5CN(C(=O)O)C[C@@H]45)CC3)c21. The second-order valence-electron chi connectivity index (χ2n) is 10.2. The molecule has 3 aliphatic heterocycles. The molecule has 1 aromatic heterocycles. The van der Waals surface area contributed by atoms with E-state index in [1.54, 1.807) is 4.90 Å². The number of nitrogens with one attached hydrogen (secondary N) is 1. The highest BCUT2D eigenvalue weighted by molar-refractivity contribution is 6.03. The fraction of sp³-hybridized carbons (Fsp3) is 0.583. The quantitative estimate of drug-likeness (QED) is 0.649. The molecule has 2 unspecified atom stereocenters. The Bertz CT molecular complexity index is 1160. The predicted octanol–water partition coefficient (Wildman–Crippen LogP) is 1.07. The summed E-state index contributed by atoms with van der Waals surface area (Å²) in [6, 6.07) is 6.17. The lowest BCUT2D eigenvalue weighted by atomic mass is 9.92. The zero-order chi connectivity index (χ0) is 23.6. The minimum atomic E-state index is -0.787. The number of benzene rings is 1. The molecule has 2 aromatic rings. The van der Waals surface area contributed by atoms with Gasteiger partial charge >= 0.3 is 6.09 Å². The first kappa shape index (κ1) is 21.4. The molecule has 4 atom stereocenters. The molecule has 0 spiro atoms. The summed E-state index contributed by atoms with van der Waals surface area (Å²) in [7, 11) is 1.92. The molecule has 3 saturated heterocycles. The van der Waals surface area contributed by atoms with Crippen LogP contribution in [0.15, 0.2) is 18.2 Å². The van der Waals surface area contributed by atoms with Gasteiger partial charge in [0.15, 0.2) is 0 Å². The number of hydrogen-bond donors (Lipinski definition) is 2. The molecule has 1 saturated carbocycles. The van der Waals surface area contributed by atoms with Crippen LogP contribution in [0.3, 0.4) is 0 Å². The van der Waals surface area contributed by atoms with Crippen molar-refractivity contribution in [2.24, 2.45) is 24.8 Å². The number of aryl methyl sites for hydroxylation is 1. The fourth-order valence-corrected chi connectivity index (χ4v) is 6.36. The van der Waals surface area contributed by atoms with Crippen LogP contribution in [0, 0.1) is 17.8 Å². The van der Waals surface area contributed by atoms with Crippen LogP contribution in [-0.4, -0.2) is 88.4 Å². The number of imide groups is 1. The Morgan fingerprint density at radius 1 is 1.15 bits per heavy atom. The number of piperazine rings is 1. The molecule has 3 amide bonds. The Hall–Kier alpha value is -3.14. The monoisotopic (exact) mass is 466 g/mol. The van der Waals surface area contributed by atoms with Gasteiger partial charge < -0.3 is 14.9 Å². The van der Waals surface area contributed by atoms with Gasteiger partial charge in [-0.2, -0.15) is 5.10 Å². The van der Waals surface area contributed by atoms with E-state index >= 15 is 0 Å². The number of aromatic nitrogens is 2. The van der Waals surface area contributed by atoms with E-state index in [9.17, 15) is 14.4 Å². The van der Waals surface area contributed by atoms with Gasteiger partial charge in [-0.25, -0.2) is 4.79 Å². The van der Waals surface area contributed by atoms with Crippen LogP contribution in [0.1, 0.15) is 24.5 Å². The van der Waals surface area contributed by atoms with Gasteiger partial charge in [-0.15, -0.1) is 0 Å². The molecule has 0 bridgehead atoms. The van der Waals surface area contributed by atoms with Crippen LogP contribution in [0.25, 0.3) is 10.9 Å². The van der Waals surface area contributed by atoms with Gasteiger partial charge in [0, 0.05) is 64.7 Å². The third kappa shape index (κ3) is 3.51. The maximum Gasteiger partial charge on any atom is 0.407 e. The minimum Gasteiger partial charge on any atom is -0.465 e. The summed E-state index contributed by atoms with van der Waals surface area (Å²) in [5.41, 5.74) is 2.91. The van der Waals surface area contributed by atoms with Gasteiger partial charge in [-0.1, -0.05) is 12.1 Å². The number of carbonyl (C=O) groups is 3. The third-order valence-electron chi connectivity index (χ3n) is 8.27. The molecule has 4 heterocycles. The Labute approximate surface area is 197 Å². The second kappa shape index (κ2) is 7.97. The van der Waals surface area contributed by atoms with E-state index in [2.05, 4.69) is 21.2 Å². The molecule has 0 radical (unpaired) electrons. The topological polar surface area (TPSA) is 111 Å². The average Bonchev–Trinajstić information content (AvgIpc) is 3.13. The van der Waals surface area contributed by atoms with Crippen LogP contribution >= 0.6 is 0 Å². The lowest BCUT2D eigenvalue weighted by molar-refractivity contribution is -0.134. The summed E-state index contributed by atoms with van der Waals surface area (Å²) in [5.74, 6) is 0.856. The van der Waals surface area contributed by atoms with Gasteiger partial charge in [0.1, 0.15) is 0 Å². The first-order chi connectivity index (χ1) is 16.4. The van der Waals surface area contributed by atoms with Gasteiger partial charge in [0.05, 0.1) is 22.8 Å². The average molecular weight is 467 g/mol. The van der Waals surface area contributed by atoms with E-state index in [1.165, 1.54) is 0 Å². The smallest absolute Gasteiger partial charge is 0.407 e. The molecule has 180 valence electrons. The van der Waals surface area contributed by atoms with Crippen molar-refractivity contribution >= 4 is 34.5 Å². The van der Waals surface area contributed by atoms with Gasteiger partial charge in [-0.05, 0) is 30.2 Å². The highest BCUT2D eigenvalue weighted by Crippen LogP contribution is 2.52. The van der Waals surface area contributed by atoms with E-state index in [0.29, 0.717) is 43.7 Å². The van der Waals surface area contributed by atoms with Crippen LogP contribution in [0.5, 0.6) is 0 Å². The number of nitrogens with zero attached hydrogens (tertiary/aromatic N) is 5. The number of likely N-dealkylation sites (tertiary alicyclic amines) is 1. The van der Waals surface area contributed by atoms with Crippen molar-refractivity contribution in [1.29, 1.82) is 0 Å². The van der Waals surface area contributed by atoms with Crippen molar-refractivity contribution in [3.05, 3.63) is 23.9 Å². The lowest BCUT2D eigenvalue weighted by Crippen LogP contribution is -2.47. The van der Waals surface area contributed by atoms with Crippen molar-refractivity contribution in [1.82, 2.24) is 24.9 Å². The summed E-state index contributed by atoms with van der Waals surface area (Å²) in [5, 5.41) is 17.3. The van der Waals surface area contributed by atoms with Crippen LogP contribution in [0.2, 0.25) is 0 Å². The normalized spacial score (nSPS) is 29.4. The summed E-state index contributed by atoms with van der Waals surface area (Å²) in [6.07, 6.45) is 0.0462. The summed E-state index contributed by atoms with van der Waals surface area (Å²) < 4.78 is 1.87. The number of amides is 3. The number of carbonyl (C=O) groups excluding carboxylic acids is 2. The third-order valence-corrected chi connectivity index (χ3v) is 8.27. The summed E-state index contributed by atoms with van der Waals surface area (Å²) in [6.45, 7) is 6.25. The minimum absolute atomic E-state index is 0.214. The Morgan fingerprint density at radius 3 is 2.56 bits per heavy atom. The number of anilines is 1. The van der Waals surface area contributed by atoms with Crippen LogP contribution in [-0.2, 0) is 16.6 Å². The zero-order valence-electron chi connectivity index (χ0n) is 19.3. The first-order valence-corrected chi connectivity index (χ1v) is 12.1. The van der Waals surface area contributed by atoms with Gasteiger partial charge in [-0.3, -0.25) is 24.5 Å². The Kier molecular flexibility index (Phi) is 5.02. The maximum absolute atomic E-state index is 12.5. The lowest BCUT2D eigenvalue weighted by Gasteiger charge is -2.37. The number of fused-ring (bicyclic) bond motifs is 2. The molecule has 4 aliphatic rings. The molecule has 1 aromatic carbocycles. The van der Waals surface area contributed by atoms with Crippen molar-refractivity contribution in [3.63, 3.8) is 0 Å². The molecule has 4 fully saturated rings.